The van der Waals surface area contributed by atoms with Crippen LogP contribution in [0.5, 0.6) is 5.75 Å². The molecule has 0 amide bonds. The van der Waals surface area contributed by atoms with Crippen molar-refractivity contribution in [1.82, 2.24) is 10.2 Å². The fourth-order valence-corrected chi connectivity index (χ4v) is 1.96. The van der Waals surface area contributed by atoms with Gasteiger partial charge in [0.15, 0.2) is 0 Å². The van der Waals surface area contributed by atoms with Crippen LogP contribution in [0, 0.1) is 0 Å². The molecular formula is C10H10BrN3O. The van der Waals surface area contributed by atoms with Gasteiger partial charge in [-0.2, -0.15) is 5.10 Å². The molecule has 0 saturated carbocycles. The molecule has 0 saturated heterocycles. The minimum atomic E-state index is 0.597. The lowest BCUT2D eigenvalue weighted by atomic mass is 10.1. The maximum absolute atomic E-state index is 5.79. The van der Waals surface area contributed by atoms with Crippen molar-refractivity contribution in [3.05, 3.63) is 28.9 Å². The summed E-state index contributed by atoms with van der Waals surface area (Å²) in [6.07, 6.45) is 1.58. The zero-order chi connectivity index (χ0) is 10.8. The fourth-order valence-electron chi connectivity index (χ4n) is 1.41. The van der Waals surface area contributed by atoms with Crippen molar-refractivity contribution in [3.8, 4) is 17.0 Å². The zero-order valence-electron chi connectivity index (χ0n) is 8.12. The van der Waals surface area contributed by atoms with E-state index in [0.29, 0.717) is 5.69 Å². The maximum atomic E-state index is 5.79. The Labute approximate surface area is 95.6 Å². The number of ether oxygens (including phenoxy) is 1. The molecular weight excluding hydrogens is 258 g/mol. The first-order valence-electron chi connectivity index (χ1n) is 4.35. The van der Waals surface area contributed by atoms with E-state index in [0.717, 1.165) is 21.5 Å². The number of anilines is 1. The number of nitrogens with one attached hydrogen (secondary N) is 1. The van der Waals surface area contributed by atoms with Gasteiger partial charge in [0.05, 0.1) is 30.3 Å². The van der Waals surface area contributed by atoms with Crippen LogP contribution in [0.4, 0.5) is 5.69 Å². The third-order valence-electron chi connectivity index (χ3n) is 2.11. The Bertz CT molecular complexity index is 481. The number of halogens is 1. The Balaban J connectivity index is 2.66. The van der Waals surface area contributed by atoms with Crippen LogP contribution in [0.2, 0.25) is 0 Å². The van der Waals surface area contributed by atoms with Crippen LogP contribution in [-0.2, 0) is 0 Å². The number of nitrogens with two attached hydrogens (primary N) is 1. The summed E-state index contributed by atoms with van der Waals surface area (Å²) in [7, 11) is 1.62. The number of aromatic nitrogens is 2. The van der Waals surface area contributed by atoms with Crippen molar-refractivity contribution in [2.75, 3.05) is 12.8 Å². The Morgan fingerprint density at radius 3 is 2.87 bits per heavy atom. The predicted molar refractivity (Wildman–Crippen MR) is 62.7 cm³/mol. The van der Waals surface area contributed by atoms with Crippen molar-refractivity contribution in [2.45, 2.75) is 0 Å². The van der Waals surface area contributed by atoms with Gasteiger partial charge in [-0.1, -0.05) is 6.07 Å². The lowest BCUT2D eigenvalue weighted by Crippen LogP contribution is -1.92. The van der Waals surface area contributed by atoms with Crippen LogP contribution in [0.1, 0.15) is 0 Å². The van der Waals surface area contributed by atoms with Crippen LogP contribution >= 0.6 is 15.9 Å². The molecule has 1 aromatic carbocycles. The van der Waals surface area contributed by atoms with E-state index in [4.69, 9.17) is 10.5 Å². The topological polar surface area (TPSA) is 63.9 Å². The Morgan fingerprint density at radius 2 is 2.27 bits per heavy atom. The van der Waals surface area contributed by atoms with E-state index in [1.807, 2.05) is 18.2 Å². The summed E-state index contributed by atoms with van der Waals surface area (Å²) in [6, 6.07) is 5.71. The standard InChI is InChI=1S/C10H10BrN3O/c1-15-8-4-2-3-6(11)9(8)10-7(12)5-13-14-10/h2-5H,12H2,1H3,(H,13,14). The first-order chi connectivity index (χ1) is 7.24. The second kappa shape index (κ2) is 3.94. The molecule has 0 bridgehead atoms. The summed E-state index contributed by atoms with van der Waals surface area (Å²) >= 11 is 3.46. The van der Waals surface area contributed by atoms with Crippen LogP contribution in [0.25, 0.3) is 11.3 Å². The predicted octanol–water partition coefficient (Wildman–Crippen LogP) is 2.43. The number of hydrogen-bond donors (Lipinski definition) is 2. The number of rotatable bonds is 2. The van der Waals surface area contributed by atoms with Gasteiger partial charge in [-0.05, 0) is 28.1 Å². The summed E-state index contributed by atoms with van der Waals surface area (Å²) < 4.78 is 6.19. The van der Waals surface area contributed by atoms with Crippen LogP contribution in [0.3, 0.4) is 0 Å². The van der Waals surface area contributed by atoms with Gasteiger partial charge in [0, 0.05) is 4.47 Å². The summed E-state index contributed by atoms with van der Waals surface area (Å²) in [5.74, 6) is 0.750. The van der Waals surface area contributed by atoms with Gasteiger partial charge in [-0.25, -0.2) is 0 Å². The van der Waals surface area contributed by atoms with E-state index in [2.05, 4.69) is 26.1 Å². The fraction of sp³-hybridized carbons (Fsp3) is 0.100. The van der Waals surface area contributed by atoms with Crippen molar-refractivity contribution < 1.29 is 4.74 Å². The number of nitrogen functional groups attached to an aromatic ring is 1. The molecule has 5 heteroatoms. The average Bonchev–Trinajstić information content (AvgIpc) is 2.64. The number of H-pyrrole nitrogens is 1. The Morgan fingerprint density at radius 1 is 1.47 bits per heavy atom. The molecule has 0 aliphatic rings. The monoisotopic (exact) mass is 267 g/mol. The van der Waals surface area contributed by atoms with E-state index in [1.54, 1.807) is 13.3 Å². The van der Waals surface area contributed by atoms with Crippen LogP contribution in [-0.4, -0.2) is 17.3 Å². The second-order valence-electron chi connectivity index (χ2n) is 3.02. The summed E-state index contributed by atoms with van der Waals surface area (Å²) in [5.41, 5.74) is 8.04. The van der Waals surface area contributed by atoms with Crippen molar-refractivity contribution >= 4 is 21.6 Å². The van der Waals surface area contributed by atoms with Gasteiger partial charge in [0.2, 0.25) is 0 Å². The minimum Gasteiger partial charge on any atom is -0.496 e. The molecule has 0 atom stereocenters. The van der Waals surface area contributed by atoms with E-state index in [9.17, 15) is 0 Å². The Kier molecular flexibility index (Phi) is 2.64. The van der Waals surface area contributed by atoms with Gasteiger partial charge in [-0.3, -0.25) is 5.10 Å². The largest absolute Gasteiger partial charge is 0.496 e. The maximum Gasteiger partial charge on any atom is 0.129 e. The number of methoxy groups -OCH3 is 1. The molecule has 2 rings (SSSR count). The molecule has 0 aliphatic carbocycles. The number of aromatic amines is 1. The minimum absolute atomic E-state index is 0.597. The Hall–Kier alpha value is -1.49. The second-order valence-corrected chi connectivity index (χ2v) is 3.87. The van der Waals surface area contributed by atoms with Gasteiger partial charge in [-0.15, -0.1) is 0 Å². The first-order valence-corrected chi connectivity index (χ1v) is 5.15. The smallest absolute Gasteiger partial charge is 0.129 e. The van der Waals surface area contributed by atoms with Gasteiger partial charge >= 0.3 is 0 Å². The molecule has 0 aliphatic heterocycles. The first kappa shape index (κ1) is 10.0. The molecule has 2 aromatic rings. The molecule has 1 aromatic heterocycles. The summed E-state index contributed by atoms with van der Waals surface area (Å²) in [6.45, 7) is 0. The summed E-state index contributed by atoms with van der Waals surface area (Å²) in [4.78, 5) is 0. The highest BCUT2D eigenvalue weighted by Crippen LogP contribution is 2.37. The molecule has 3 N–H and O–H groups in total. The number of nitrogens with zero attached hydrogens (tertiary/aromatic N) is 1. The highest BCUT2D eigenvalue weighted by atomic mass is 79.9. The number of benzene rings is 1. The average molecular weight is 268 g/mol. The van der Waals surface area contributed by atoms with Gasteiger partial charge in [0.25, 0.3) is 0 Å². The molecule has 78 valence electrons. The van der Waals surface area contributed by atoms with Crippen molar-refractivity contribution in [2.24, 2.45) is 0 Å². The van der Waals surface area contributed by atoms with E-state index < -0.39 is 0 Å². The molecule has 4 nitrogen and oxygen atoms in total. The van der Waals surface area contributed by atoms with Crippen molar-refractivity contribution in [1.29, 1.82) is 0 Å². The highest BCUT2D eigenvalue weighted by Gasteiger charge is 2.13. The quantitative estimate of drug-likeness (QED) is 0.879. The third kappa shape index (κ3) is 1.70. The third-order valence-corrected chi connectivity index (χ3v) is 2.77. The van der Waals surface area contributed by atoms with E-state index >= 15 is 0 Å². The molecule has 0 radical (unpaired) electrons. The van der Waals surface area contributed by atoms with Gasteiger partial charge < -0.3 is 10.5 Å². The normalized spacial score (nSPS) is 10.3. The molecule has 15 heavy (non-hydrogen) atoms. The molecule has 0 unspecified atom stereocenters. The number of hydrogen-bond acceptors (Lipinski definition) is 3. The van der Waals surface area contributed by atoms with Crippen molar-refractivity contribution in [3.63, 3.8) is 0 Å². The zero-order valence-corrected chi connectivity index (χ0v) is 9.71. The van der Waals surface area contributed by atoms with E-state index in [-0.39, 0.29) is 0 Å². The van der Waals surface area contributed by atoms with Gasteiger partial charge in [0.1, 0.15) is 5.75 Å². The van der Waals surface area contributed by atoms with Crippen LogP contribution < -0.4 is 10.5 Å². The SMILES string of the molecule is COc1cccc(Br)c1-c1[nH]ncc1N. The lowest BCUT2D eigenvalue weighted by Gasteiger charge is -2.09. The highest BCUT2D eigenvalue weighted by molar-refractivity contribution is 9.10. The molecule has 0 spiro atoms. The van der Waals surface area contributed by atoms with Crippen LogP contribution in [0.15, 0.2) is 28.9 Å². The van der Waals surface area contributed by atoms with E-state index in [1.165, 1.54) is 0 Å². The molecule has 1 heterocycles. The summed E-state index contributed by atoms with van der Waals surface area (Å²) in [5, 5.41) is 6.74. The molecule has 0 fully saturated rings. The lowest BCUT2D eigenvalue weighted by molar-refractivity contribution is 0.416.